The van der Waals surface area contributed by atoms with E-state index in [9.17, 15) is 17.6 Å². The molecule has 0 bridgehead atoms. The van der Waals surface area contributed by atoms with Gasteiger partial charge < -0.3 is 19.5 Å². The number of ether oxygens (including phenoxy) is 3. The number of rotatable bonds is 9. The number of halogens is 4. The minimum atomic E-state index is -4.79. The van der Waals surface area contributed by atoms with Crippen molar-refractivity contribution < 1.29 is 31.8 Å². The van der Waals surface area contributed by atoms with Crippen LogP contribution in [0.2, 0.25) is 0 Å². The van der Waals surface area contributed by atoms with Gasteiger partial charge in [0.05, 0.1) is 36.9 Å². The molecule has 1 N–H and O–H groups in total. The molecule has 1 aliphatic carbocycles. The molecular formula is C24H25F4N3O3. The number of nitrogens with zero attached hydrogens (tertiary/aromatic N) is 2. The predicted molar refractivity (Wildman–Crippen MR) is 119 cm³/mol. The van der Waals surface area contributed by atoms with Crippen LogP contribution in [0.1, 0.15) is 42.8 Å². The van der Waals surface area contributed by atoms with Gasteiger partial charge in [0, 0.05) is 17.0 Å². The second-order valence-electron chi connectivity index (χ2n) is 8.13. The number of aromatic nitrogens is 2. The van der Waals surface area contributed by atoms with Crippen molar-refractivity contribution in [3.63, 3.8) is 0 Å². The van der Waals surface area contributed by atoms with Crippen LogP contribution < -0.4 is 14.8 Å². The first kappa shape index (κ1) is 24.0. The summed E-state index contributed by atoms with van der Waals surface area (Å²) in [5.41, 5.74) is -0.886. The molecular weight excluding hydrogens is 454 g/mol. The Labute approximate surface area is 194 Å². The second kappa shape index (κ2) is 9.61. The lowest BCUT2D eigenvalue weighted by molar-refractivity contribution is -0.140. The van der Waals surface area contributed by atoms with Crippen molar-refractivity contribution in [2.24, 2.45) is 0 Å². The molecule has 2 aromatic carbocycles. The molecule has 1 heterocycles. The topological polar surface area (TPSA) is 65.5 Å². The van der Waals surface area contributed by atoms with Crippen molar-refractivity contribution in [3.8, 4) is 11.5 Å². The molecule has 34 heavy (non-hydrogen) atoms. The summed E-state index contributed by atoms with van der Waals surface area (Å²) in [6.07, 6.45) is -2.35. The van der Waals surface area contributed by atoms with Crippen molar-refractivity contribution in [1.29, 1.82) is 0 Å². The molecule has 182 valence electrons. The van der Waals surface area contributed by atoms with Gasteiger partial charge in [0.25, 0.3) is 0 Å². The van der Waals surface area contributed by atoms with Crippen molar-refractivity contribution in [3.05, 3.63) is 53.1 Å². The molecule has 0 amide bonds. The Bertz CT molecular complexity index is 1180. The zero-order valence-electron chi connectivity index (χ0n) is 19.0. The third-order valence-electron chi connectivity index (χ3n) is 5.47. The van der Waals surface area contributed by atoms with Gasteiger partial charge in [0.2, 0.25) is 0 Å². The Kier molecular flexibility index (Phi) is 6.79. The minimum Gasteiger partial charge on any atom is -0.493 e. The third kappa shape index (κ3) is 5.32. The van der Waals surface area contributed by atoms with Crippen LogP contribution in [0.5, 0.6) is 11.5 Å². The number of benzene rings is 2. The molecule has 0 unspecified atom stereocenters. The Morgan fingerprint density at radius 2 is 1.88 bits per heavy atom. The zero-order chi connectivity index (χ0) is 24.5. The maximum atomic E-state index is 14.7. The van der Waals surface area contributed by atoms with Crippen LogP contribution in [-0.4, -0.2) is 36.4 Å². The Morgan fingerprint density at radius 3 is 2.56 bits per heavy atom. The smallest absolute Gasteiger partial charge is 0.419 e. The lowest BCUT2D eigenvalue weighted by atomic mass is 10.0. The van der Waals surface area contributed by atoms with E-state index in [0.717, 1.165) is 18.9 Å². The standard InChI is InChI=1S/C24H25F4N3O3/c1-13(16-5-4-6-18(22(16)25)24(26,27)28)29-23-17-11-21(34-10-9-33-15-7-8-15)20(32-3)12-19(17)30-14(2)31-23/h4-6,11-13,15H,7-10H2,1-3H3,(H,29,30,31)/t13-/m1/s1. The van der Waals surface area contributed by atoms with Gasteiger partial charge in [-0.1, -0.05) is 12.1 Å². The first-order valence-corrected chi connectivity index (χ1v) is 10.9. The molecule has 0 aliphatic heterocycles. The van der Waals surface area contributed by atoms with Gasteiger partial charge >= 0.3 is 6.18 Å². The summed E-state index contributed by atoms with van der Waals surface area (Å²) < 4.78 is 71.0. The third-order valence-corrected chi connectivity index (χ3v) is 5.47. The fourth-order valence-corrected chi connectivity index (χ4v) is 3.62. The molecule has 10 heteroatoms. The van der Waals surface area contributed by atoms with Crippen molar-refractivity contribution in [2.75, 3.05) is 25.6 Å². The maximum absolute atomic E-state index is 14.7. The predicted octanol–water partition coefficient (Wildman–Crippen LogP) is 5.84. The molecule has 1 fully saturated rings. The van der Waals surface area contributed by atoms with Crippen LogP contribution in [0.4, 0.5) is 23.4 Å². The van der Waals surface area contributed by atoms with Gasteiger partial charge in [-0.15, -0.1) is 0 Å². The highest BCUT2D eigenvalue weighted by atomic mass is 19.4. The summed E-state index contributed by atoms with van der Waals surface area (Å²) in [5.74, 6) is 0.378. The van der Waals surface area contributed by atoms with E-state index in [4.69, 9.17) is 14.2 Å². The zero-order valence-corrected chi connectivity index (χ0v) is 19.0. The first-order valence-electron chi connectivity index (χ1n) is 10.9. The highest BCUT2D eigenvalue weighted by Gasteiger charge is 2.35. The number of aryl methyl sites for hydroxylation is 1. The molecule has 4 rings (SSSR count). The van der Waals surface area contributed by atoms with Gasteiger partial charge in [-0.3, -0.25) is 0 Å². The molecule has 1 aliphatic rings. The van der Waals surface area contributed by atoms with E-state index < -0.39 is 23.6 Å². The van der Waals surface area contributed by atoms with Gasteiger partial charge in [0.15, 0.2) is 11.5 Å². The van der Waals surface area contributed by atoms with E-state index in [1.54, 1.807) is 26.0 Å². The van der Waals surface area contributed by atoms with Crippen LogP contribution >= 0.6 is 0 Å². The van der Waals surface area contributed by atoms with Crippen molar-refractivity contribution in [2.45, 2.75) is 45.0 Å². The van der Waals surface area contributed by atoms with Crippen LogP contribution in [0.25, 0.3) is 10.9 Å². The van der Waals surface area contributed by atoms with E-state index >= 15 is 0 Å². The van der Waals surface area contributed by atoms with Crippen LogP contribution in [0.3, 0.4) is 0 Å². The molecule has 1 atom stereocenters. The summed E-state index contributed by atoms with van der Waals surface area (Å²) in [7, 11) is 1.51. The van der Waals surface area contributed by atoms with Gasteiger partial charge in [-0.05, 0) is 38.8 Å². The van der Waals surface area contributed by atoms with E-state index in [-0.39, 0.29) is 5.56 Å². The van der Waals surface area contributed by atoms with Gasteiger partial charge in [-0.2, -0.15) is 13.2 Å². The molecule has 6 nitrogen and oxygen atoms in total. The minimum absolute atomic E-state index is 0.124. The molecule has 0 spiro atoms. The number of alkyl halides is 3. The number of anilines is 1. The average Bonchev–Trinajstić information content (AvgIpc) is 3.60. The molecule has 1 aromatic heterocycles. The van der Waals surface area contributed by atoms with Gasteiger partial charge in [0.1, 0.15) is 24.1 Å². The summed E-state index contributed by atoms with van der Waals surface area (Å²) in [4.78, 5) is 8.83. The highest BCUT2D eigenvalue weighted by molar-refractivity contribution is 5.92. The Hall–Kier alpha value is -3.14. The molecule has 1 saturated carbocycles. The van der Waals surface area contributed by atoms with Crippen molar-refractivity contribution in [1.82, 2.24) is 9.97 Å². The van der Waals surface area contributed by atoms with E-state index in [0.29, 0.717) is 53.4 Å². The summed E-state index contributed by atoms with van der Waals surface area (Å²) in [5, 5.41) is 3.60. The quantitative estimate of drug-likeness (QED) is 0.308. The molecule has 3 aromatic rings. The maximum Gasteiger partial charge on any atom is 0.419 e. The lowest BCUT2D eigenvalue weighted by Gasteiger charge is -2.20. The Morgan fingerprint density at radius 1 is 1.12 bits per heavy atom. The molecule has 0 radical (unpaired) electrons. The van der Waals surface area contributed by atoms with E-state index in [1.807, 2.05) is 0 Å². The highest BCUT2D eigenvalue weighted by Crippen LogP contribution is 2.37. The summed E-state index contributed by atoms with van der Waals surface area (Å²) >= 11 is 0. The number of hydrogen-bond donors (Lipinski definition) is 1. The van der Waals surface area contributed by atoms with Gasteiger partial charge in [-0.25, -0.2) is 14.4 Å². The van der Waals surface area contributed by atoms with Crippen LogP contribution in [0, 0.1) is 12.7 Å². The fourth-order valence-electron chi connectivity index (χ4n) is 3.62. The normalized spacial score (nSPS) is 14.8. The first-order chi connectivity index (χ1) is 16.2. The second-order valence-corrected chi connectivity index (χ2v) is 8.13. The van der Waals surface area contributed by atoms with E-state index in [1.165, 1.54) is 19.2 Å². The van der Waals surface area contributed by atoms with Crippen LogP contribution in [0.15, 0.2) is 30.3 Å². The summed E-state index contributed by atoms with van der Waals surface area (Å²) in [6.45, 7) is 4.01. The average molecular weight is 479 g/mol. The summed E-state index contributed by atoms with van der Waals surface area (Å²) in [6, 6.07) is 5.81. The lowest BCUT2D eigenvalue weighted by Crippen LogP contribution is -2.15. The SMILES string of the molecule is COc1cc2nc(C)nc(N[C@H](C)c3cccc(C(F)(F)F)c3F)c2cc1OCCOC1CC1. The largest absolute Gasteiger partial charge is 0.493 e. The number of nitrogens with one attached hydrogen (secondary N) is 1. The van der Waals surface area contributed by atoms with Crippen LogP contribution in [-0.2, 0) is 10.9 Å². The number of hydrogen-bond acceptors (Lipinski definition) is 6. The monoisotopic (exact) mass is 479 g/mol. The number of methoxy groups -OCH3 is 1. The fraction of sp³-hybridized carbons (Fsp3) is 0.417. The Balaban J connectivity index is 1.64. The number of fused-ring (bicyclic) bond motifs is 1. The van der Waals surface area contributed by atoms with Crippen molar-refractivity contribution >= 4 is 16.7 Å². The van der Waals surface area contributed by atoms with E-state index in [2.05, 4.69) is 15.3 Å². The molecule has 0 saturated heterocycles.